The summed E-state index contributed by atoms with van der Waals surface area (Å²) in [6.07, 6.45) is 0.200. The van der Waals surface area contributed by atoms with Crippen LogP contribution in [0.1, 0.15) is 5.56 Å². The highest BCUT2D eigenvalue weighted by molar-refractivity contribution is 9.10. The number of methoxy groups -OCH3 is 1. The van der Waals surface area contributed by atoms with E-state index in [4.69, 9.17) is 9.84 Å². The van der Waals surface area contributed by atoms with E-state index in [0.29, 0.717) is 10.0 Å². The Hall–Kier alpha value is -0.810. The molecule has 0 amide bonds. The SMILES string of the molecule is COc1c(Br)cc(CCO)c(O)c1F. The van der Waals surface area contributed by atoms with Gasteiger partial charge < -0.3 is 14.9 Å². The lowest BCUT2D eigenvalue weighted by Crippen LogP contribution is -1.97. The summed E-state index contributed by atoms with van der Waals surface area (Å²) >= 11 is 3.10. The number of rotatable bonds is 3. The van der Waals surface area contributed by atoms with Gasteiger partial charge in [0, 0.05) is 12.2 Å². The number of ether oxygens (including phenoxy) is 1. The number of hydrogen-bond acceptors (Lipinski definition) is 3. The van der Waals surface area contributed by atoms with E-state index in [1.807, 2.05) is 0 Å². The Morgan fingerprint density at radius 2 is 2.21 bits per heavy atom. The number of aromatic hydroxyl groups is 1. The fraction of sp³-hybridized carbons (Fsp3) is 0.333. The van der Waals surface area contributed by atoms with Crippen LogP contribution in [0.25, 0.3) is 0 Å². The Bertz CT molecular complexity index is 341. The van der Waals surface area contributed by atoms with Crippen LogP contribution in [-0.4, -0.2) is 23.9 Å². The van der Waals surface area contributed by atoms with E-state index in [9.17, 15) is 9.50 Å². The Morgan fingerprint density at radius 3 is 2.71 bits per heavy atom. The molecule has 1 rings (SSSR count). The van der Waals surface area contributed by atoms with Crippen molar-refractivity contribution in [2.45, 2.75) is 6.42 Å². The van der Waals surface area contributed by atoms with Gasteiger partial charge in [-0.25, -0.2) is 0 Å². The molecule has 14 heavy (non-hydrogen) atoms. The topological polar surface area (TPSA) is 49.7 Å². The van der Waals surface area contributed by atoms with Gasteiger partial charge in [-0.15, -0.1) is 0 Å². The Morgan fingerprint density at radius 1 is 1.57 bits per heavy atom. The molecule has 0 aliphatic carbocycles. The molecule has 0 heterocycles. The molecule has 3 nitrogen and oxygen atoms in total. The van der Waals surface area contributed by atoms with Gasteiger partial charge in [0.25, 0.3) is 0 Å². The molecule has 0 aliphatic heterocycles. The molecule has 2 N–H and O–H groups in total. The number of halogens is 2. The van der Waals surface area contributed by atoms with Gasteiger partial charge in [-0.05, 0) is 28.4 Å². The molecule has 0 aromatic heterocycles. The number of aliphatic hydroxyl groups excluding tert-OH is 1. The molecular weight excluding hydrogens is 255 g/mol. The molecule has 0 atom stereocenters. The van der Waals surface area contributed by atoms with Gasteiger partial charge in [-0.3, -0.25) is 0 Å². The van der Waals surface area contributed by atoms with Crippen LogP contribution in [0.2, 0.25) is 0 Å². The lowest BCUT2D eigenvalue weighted by Gasteiger charge is -2.09. The lowest BCUT2D eigenvalue weighted by molar-refractivity contribution is 0.295. The van der Waals surface area contributed by atoms with E-state index in [1.54, 1.807) is 0 Å². The van der Waals surface area contributed by atoms with Crippen LogP contribution < -0.4 is 4.74 Å². The van der Waals surface area contributed by atoms with Gasteiger partial charge in [0.2, 0.25) is 5.82 Å². The summed E-state index contributed by atoms with van der Waals surface area (Å²) in [5.41, 5.74) is 0.345. The molecule has 5 heteroatoms. The second kappa shape index (κ2) is 4.61. The highest BCUT2D eigenvalue weighted by Gasteiger charge is 2.16. The van der Waals surface area contributed by atoms with Crippen LogP contribution in [-0.2, 0) is 6.42 Å². The molecule has 1 aromatic rings. The average molecular weight is 265 g/mol. The second-order valence-corrected chi connectivity index (χ2v) is 3.54. The zero-order valence-electron chi connectivity index (χ0n) is 7.55. The van der Waals surface area contributed by atoms with Crippen molar-refractivity contribution in [1.82, 2.24) is 0 Å². The maximum Gasteiger partial charge on any atom is 0.208 e. The van der Waals surface area contributed by atoms with Gasteiger partial charge in [0.1, 0.15) is 0 Å². The van der Waals surface area contributed by atoms with E-state index in [0.717, 1.165) is 0 Å². The first-order valence-corrected chi connectivity index (χ1v) is 4.75. The zero-order chi connectivity index (χ0) is 10.7. The largest absolute Gasteiger partial charge is 0.505 e. The highest BCUT2D eigenvalue weighted by Crippen LogP contribution is 2.36. The van der Waals surface area contributed by atoms with E-state index in [-0.39, 0.29) is 18.8 Å². The molecule has 0 unspecified atom stereocenters. The van der Waals surface area contributed by atoms with Gasteiger partial charge >= 0.3 is 0 Å². The fourth-order valence-electron chi connectivity index (χ4n) is 1.14. The van der Waals surface area contributed by atoms with Crippen molar-refractivity contribution in [2.24, 2.45) is 0 Å². The summed E-state index contributed by atoms with van der Waals surface area (Å²) in [6.45, 7) is -0.147. The van der Waals surface area contributed by atoms with Crippen molar-refractivity contribution in [3.63, 3.8) is 0 Å². The van der Waals surface area contributed by atoms with Crippen LogP contribution in [0.4, 0.5) is 4.39 Å². The summed E-state index contributed by atoms with van der Waals surface area (Å²) < 4.78 is 18.5. The summed E-state index contributed by atoms with van der Waals surface area (Å²) in [4.78, 5) is 0. The summed E-state index contributed by atoms with van der Waals surface area (Å²) in [7, 11) is 1.31. The van der Waals surface area contributed by atoms with Crippen molar-refractivity contribution < 1.29 is 19.3 Å². The smallest absolute Gasteiger partial charge is 0.208 e. The number of hydrogen-bond donors (Lipinski definition) is 2. The quantitative estimate of drug-likeness (QED) is 0.876. The molecule has 0 spiro atoms. The number of aliphatic hydroxyl groups is 1. The maximum atomic E-state index is 13.4. The van der Waals surface area contributed by atoms with E-state index in [2.05, 4.69) is 15.9 Å². The van der Waals surface area contributed by atoms with Crippen molar-refractivity contribution in [1.29, 1.82) is 0 Å². The van der Waals surface area contributed by atoms with Crippen LogP contribution in [0.5, 0.6) is 11.5 Å². The first kappa shape index (κ1) is 11.3. The molecule has 0 saturated heterocycles. The molecule has 0 fully saturated rings. The summed E-state index contributed by atoms with van der Waals surface area (Å²) in [6, 6.07) is 1.52. The van der Waals surface area contributed by atoms with Gasteiger partial charge in [0.05, 0.1) is 11.6 Å². The molecular formula is C9H10BrFO3. The Kier molecular flexibility index (Phi) is 3.71. The summed E-state index contributed by atoms with van der Waals surface area (Å²) in [5, 5.41) is 18.1. The molecule has 0 radical (unpaired) electrons. The molecule has 1 aromatic carbocycles. The van der Waals surface area contributed by atoms with Crippen LogP contribution in [0, 0.1) is 5.82 Å². The molecule has 0 saturated carbocycles. The summed E-state index contributed by atoms with van der Waals surface area (Å²) in [5.74, 6) is -1.33. The lowest BCUT2D eigenvalue weighted by atomic mass is 10.1. The minimum absolute atomic E-state index is 0.0378. The average Bonchev–Trinajstić information content (AvgIpc) is 2.15. The van der Waals surface area contributed by atoms with Crippen LogP contribution in [0.15, 0.2) is 10.5 Å². The van der Waals surface area contributed by atoms with Crippen molar-refractivity contribution >= 4 is 15.9 Å². The standard InChI is InChI=1S/C9H10BrFO3/c1-14-9-6(10)4-5(2-3-12)8(13)7(9)11/h4,12-13H,2-3H2,1H3. The number of phenolic OH excluding ortho intramolecular Hbond substituents is 1. The predicted octanol–water partition coefficient (Wildman–Crippen LogP) is 1.84. The van der Waals surface area contributed by atoms with E-state index in [1.165, 1.54) is 13.2 Å². The van der Waals surface area contributed by atoms with Gasteiger partial charge in [-0.1, -0.05) is 0 Å². The first-order valence-electron chi connectivity index (χ1n) is 3.96. The first-order chi connectivity index (χ1) is 6.61. The molecule has 0 bridgehead atoms. The highest BCUT2D eigenvalue weighted by atomic mass is 79.9. The second-order valence-electron chi connectivity index (χ2n) is 2.69. The monoisotopic (exact) mass is 264 g/mol. The van der Waals surface area contributed by atoms with Gasteiger partial charge in [0.15, 0.2) is 11.5 Å². The predicted molar refractivity (Wildman–Crippen MR) is 53.1 cm³/mol. The Balaban J connectivity index is 3.25. The minimum Gasteiger partial charge on any atom is -0.505 e. The normalized spacial score (nSPS) is 10.3. The van der Waals surface area contributed by atoms with E-state index < -0.39 is 11.6 Å². The third kappa shape index (κ3) is 1.99. The third-order valence-electron chi connectivity index (χ3n) is 1.81. The van der Waals surface area contributed by atoms with E-state index >= 15 is 0 Å². The molecule has 0 aliphatic rings. The van der Waals surface area contributed by atoms with Crippen LogP contribution in [0.3, 0.4) is 0 Å². The zero-order valence-corrected chi connectivity index (χ0v) is 9.14. The van der Waals surface area contributed by atoms with Crippen molar-refractivity contribution in [3.8, 4) is 11.5 Å². The Labute approximate surface area is 89.3 Å². The third-order valence-corrected chi connectivity index (χ3v) is 2.40. The number of benzene rings is 1. The number of phenols is 1. The van der Waals surface area contributed by atoms with Gasteiger partial charge in [-0.2, -0.15) is 4.39 Å². The van der Waals surface area contributed by atoms with Crippen molar-refractivity contribution in [2.75, 3.05) is 13.7 Å². The molecule has 78 valence electrons. The van der Waals surface area contributed by atoms with Crippen LogP contribution >= 0.6 is 15.9 Å². The van der Waals surface area contributed by atoms with Crippen molar-refractivity contribution in [3.05, 3.63) is 21.9 Å². The minimum atomic E-state index is -0.815. The fourth-order valence-corrected chi connectivity index (χ4v) is 1.75. The maximum absolute atomic E-state index is 13.4.